The van der Waals surface area contributed by atoms with E-state index in [4.69, 9.17) is 31.2 Å². The van der Waals surface area contributed by atoms with E-state index in [9.17, 15) is 19.2 Å². The summed E-state index contributed by atoms with van der Waals surface area (Å²) in [5, 5.41) is 17.2. The number of amides is 3. The van der Waals surface area contributed by atoms with Crippen molar-refractivity contribution < 1.29 is 33.5 Å². The van der Waals surface area contributed by atoms with Crippen LogP contribution in [0.2, 0.25) is 0 Å². The number of thioether (sulfide) groups is 1. The monoisotopic (exact) mass is 659 g/mol. The number of rotatable bonds is 13. The lowest BCUT2D eigenvalue weighted by Gasteiger charge is -2.49. The SMILES string of the molecule is COc1ccc(COC(=O)C2=C(/C=C/CCl)CS[C@@H]3[C@H](NC(=O)/C(=N\OCCC#N)c4nsc(NC(C)=O)n4)C(=O)N23)cc1. The van der Waals surface area contributed by atoms with Gasteiger partial charge in [-0.2, -0.15) is 14.6 Å². The van der Waals surface area contributed by atoms with Gasteiger partial charge < -0.3 is 24.9 Å². The van der Waals surface area contributed by atoms with Gasteiger partial charge in [0, 0.05) is 30.1 Å². The van der Waals surface area contributed by atoms with Crippen molar-refractivity contribution in [2.75, 3.05) is 30.7 Å². The number of nitriles is 1. The zero-order chi connectivity index (χ0) is 31.6. The fourth-order valence-electron chi connectivity index (χ4n) is 4.00. The number of β-lactam (4-membered cyclic amide) rings is 1. The summed E-state index contributed by atoms with van der Waals surface area (Å²) in [5.74, 6) is -1.41. The first-order chi connectivity index (χ1) is 21.3. The van der Waals surface area contributed by atoms with Crippen molar-refractivity contribution >= 4 is 69.4 Å². The molecule has 0 saturated carbocycles. The number of ether oxygens (including phenoxy) is 2. The second-order valence-corrected chi connectivity index (χ2v) is 11.2. The van der Waals surface area contributed by atoms with Crippen molar-refractivity contribution in [3.8, 4) is 11.8 Å². The molecule has 2 atom stereocenters. The number of halogens is 1. The van der Waals surface area contributed by atoms with E-state index in [1.807, 2.05) is 6.07 Å². The molecule has 17 heteroatoms. The number of carbonyl (C=O) groups is 4. The van der Waals surface area contributed by atoms with Crippen LogP contribution in [0.25, 0.3) is 0 Å². The largest absolute Gasteiger partial charge is 0.497 e. The van der Waals surface area contributed by atoms with Crippen LogP contribution in [0.1, 0.15) is 24.7 Å². The molecule has 0 unspecified atom stereocenters. The normalized spacial score (nSPS) is 17.8. The first-order valence-electron chi connectivity index (χ1n) is 13.0. The summed E-state index contributed by atoms with van der Waals surface area (Å²) in [4.78, 5) is 61.9. The second kappa shape index (κ2) is 15.3. The van der Waals surface area contributed by atoms with Crippen molar-refractivity contribution in [2.24, 2.45) is 5.16 Å². The standard InChI is InChI=1S/C27H26ClN7O7S2/c1-15(36)30-27-32-22(34-44-27)19(33-42-12-4-11-29)23(37)31-20-24(38)35-21(17(5-3-10-28)14-43-25(20)35)26(39)41-13-16-6-8-18(40-2)9-7-16/h3,5-9,20,25H,4,10,12-14H2,1-2H3,(H,31,37)(H,30,32,34,36)/b5-3+,33-19-/t20-,25-/m1/s1. The molecule has 1 fully saturated rings. The summed E-state index contributed by atoms with van der Waals surface area (Å²) >= 11 is 7.98. The van der Waals surface area contributed by atoms with E-state index in [0.717, 1.165) is 17.1 Å². The Kier molecular flexibility index (Phi) is 11.3. The van der Waals surface area contributed by atoms with Gasteiger partial charge in [0.2, 0.25) is 22.6 Å². The predicted molar refractivity (Wildman–Crippen MR) is 162 cm³/mol. The highest BCUT2D eigenvalue weighted by Crippen LogP contribution is 2.41. The Morgan fingerprint density at radius 3 is 2.75 bits per heavy atom. The van der Waals surface area contributed by atoms with Crippen LogP contribution in [0.3, 0.4) is 0 Å². The summed E-state index contributed by atoms with van der Waals surface area (Å²) in [6, 6.07) is 7.87. The number of nitrogens with zero attached hydrogens (tertiary/aromatic N) is 5. The topological polar surface area (TPSA) is 185 Å². The van der Waals surface area contributed by atoms with E-state index >= 15 is 0 Å². The quantitative estimate of drug-likeness (QED) is 0.0803. The molecule has 0 bridgehead atoms. The smallest absolute Gasteiger partial charge is 0.355 e. The first-order valence-corrected chi connectivity index (χ1v) is 15.3. The summed E-state index contributed by atoms with van der Waals surface area (Å²) in [7, 11) is 1.55. The van der Waals surface area contributed by atoms with Crippen LogP contribution >= 0.6 is 34.9 Å². The number of esters is 1. The Morgan fingerprint density at radius 1 is 1.30 bits per heavy atom. The number of allylic oxidation sites excluding steroid dienone is 2. The molecule has 1 saturated heterocycles. The van der Waals surface area contributed by atoms with Gasteiger partial charge in [-0.1, -0.05) is 29.4 Å². The third kappa shape index (κ3) is 7.73. The van der Waals surface area contributed by atoms with Crippen LogP contribution in [0, 0.1) is 11.3 Å². The number of benzene rings is 1. The summed E-state index contributed by atoms with van der Waals surface area (Å²) in [5.41, 5.74) is 0.979. The highest BCUT2D eigenvalue weighted by Gasteiger charge is 2.54. The molecule has 0 aliphatic carbocycles. The maximum absolute atomic E-state index is 13.4. The van der Waals surface area contributed by atoms with Gasteiger partial charge in [0.25, 0.3) is 11.8 Å². The average Bonchev–Trinajstić information content (AvgIpc) is 3.48. The molecule has 44 heavy (non-hydrogen) atoms. The highest BCUT2D eigenvalue weighted by molar-refractivity contribution is 8.00. The Morgan fingerprint density at radius 2 is 2.07 bits per heavy atom. The van der Waals surface area contributed by atoms with E-state index in [-0.39, 0.29) is 53.8 Å². The fraction of sp³-hybridized carbons (Fsp3) is 0.333. The predicted octanol–water partition coefficient (Wildman–Crippen LogP) is 2.33. The Balaban J connectivity index is 1.51. The number of aromatic nitrogens is 2. The van der Waals surface area contributed by atoms with Gasteiger partial charge in [-0.05, 0) is 23.3 Å². The molecule has 3 heterocycles. The number of hydrogen-bond acceptors (Lipinski definition) is 13. The van der Waals surface area contributed by atoms with Crippen LogP contribution in [0.5, 0.6) is 5.75 Å². The molecular formula is C27H26ClN7O7S2. The molecule has 2 N–H and O–H groups in total. The van der Waals surface area contributed by atoms with Gasteiger partial charge in [0.15, 0.2) is 0 Å². The molecular weight excluding hydrogens is 634 g/mol. The van der Waals surface area contributed by atoms with E-state index in [0.29, 0.717) is 17.1 Å². The minimum atomic E-state index is -1.02. The molecule has 0 spiro atoms. The first kappa shape index (κ1) is 32.5. The minimum absolute atomic E-state index is 0.0129. The van der Waals surface area contributed by atoms with Gasteiger partial charge in [-0.25, -0.2) is 4.79 Å². The average molecular weight is 660 g/mol. The Labute approximate surface area is 265 Å². The number of alkyl halides is 1. The number of nitrogens with one attached hydrogen (secondary N) is 2. The van der Waals surface area contributed by atoms with Gasteiger partial charge in [0.1, 0.15) is 36.1 Å². The van der Waals surface area contributed by atoms with Crippen LogP contribution in [-0.4, -0.2) is 80.4 Å². The van der Waals surface area contributed by atoms with Crippen molar-refractivity contribution in [1.82, 2.24) is 19.6 Å². The van der Waals surface area contributed by atoms with Gasteiger partial charge >= 0.3 is 5.97 Å². The van der Waals surface area contributed by atoms with E-state index in [1.165, 1.54) is 23.6 Å². The zero-order valence-electron chi connectivity index (χ0n) is 23.4. The fourth-order valence-corrected chi connectivity index (χ4v) is 6.03. The molecule has 1 aromatic carbocycles. The van der Waals surface area contributed by atoms with Crippen LogP contribution in [0.15, 0.2) is 52.8 Å². The van der Waals surface area contributed by atoms with Crippen molar-refractivity contribution in [3.05, 3.63) is 59.1 Å². The maximum atomic E-state index is 13.4. The van der Waals surface area contributed by atoms with Gasteiger partial charge in [-0.3, -0.25) is 19.3 Å². The lowest BCUT2D eigenvalue weighted by molar-refractivity contribution is -0.153. The highest BCUT2D eigenvalue weighted by atomic mass is 35.5. The lowest BCUT2D eigenvalue weighted by atomic mass is 10.0. The van der Waals surface area contributed by atoms with Crippen molar-refractivity contribution in [1.29, 1.82) is 5.26 Å². The van der Waals surface area contributed by atoms with Crippen LogP contribution in [0.4, 0.5) is 5.13 Å². The third-order valence-corrected chi connectivity index (χ3v) is 8.12. The number of carbonyl (C=O) groups excluding carboxylic acids is 4. The molecule has 2 aliphatic heterocycles. The maximum Gasteiger partial charge on any atom is 0.355 e. The van der Waals surface area contributed by atoms with Crippen LogP contribution in [-0.2, 0) is 35.4 Å². The van der Waals surface area contributed by atoms with E-state index in [2.05, 4.69) is 25.1 Å². The lowest BCUT2D eigenvalue weighted by Crippen LogP contribution is -2.71. The molecule has 3 amide bonds. The number of fused-ring (bicyclic) bond motifs is 1. The summed E-state index contributed by atoms with van der Waals surface area (Å²) in [6.07, 6.45) is 3.34. The van der Waals surface area contributed by atoms with E-state index < -0.39 is 29.2 Å². The zero-order valence-corrected chi connectivity index (χ0v) is 25.8. The number of oxime groups is 1. The third-order valence-electron chi connectivity index (χ3n) is 6.01. The molecule has 2 aromatic rings. The molecule has 2 aliphatic rings. The molecule has 0 radical (unpaired) electrons. The minimum Gasteiger partial charge on any atom is -0.497 e. The molecule has 230 valence electrons. The number of hydrogen-bond donors (Lipinski definition) is 2. The van der Waals surface area contributed by atoms with E-state index in [1.54, 1.807) is 43.5 Å². The van der Waals surface area contributed by atoms with Gasteiger partial charge in [0.05, 0.1) is 19.6 Å². The molecule has 4 rings (SSSR count). The summed E-state index contributed by atoms with van der Waals surface area (Å²) in [6.45, 7) is 1.15. The van der Waals surface area contributed by atoms with Crippen LogP contribution < -0.4 is 15.4 Å². The number of anilines is 1. The summed E-state index contributed by atoms with van der Waals surface area (Å²) < 4.78 is 14.8. The Bertz CT molecular complexity index is 1550. The molecule has 1 aromatic heterocycles. The van der Waals surface area contributed by atoms with Gasteiger partial charge in [-0.15, -0.1) is 23.4 Å². The van der Waals surface area contributed by atoms with Crippen molar-refractivity contribution in [3.63, 3.8) is 0 Å². The number of methoxy groups -OCH3 is 1. The second-order valence-electron chi connectivity index (χ2n) is 9.00. The molecule has 14 nitrogen and oxygen atoms in total. The Hall–Kier alpha value is -4.46. The van der Waals surface area contributed by atoms with Crippen molar-refractivity contribution in [2.45, 2.75) is 31.4 Å².